The normalized spacial score (nSPS) is 17.2. The van der Waals surface area contributed by atoms with E-state index in [-0.39, 0.29) is 58.6 Å². The largest absolute Gasteiger partial charge is 0.508 e. The van der Waals surface area contributed by atoms with E-state index in [9.17, 15) is 54.2 Å². The number of hydrogen-bond acceptors (Lipinski definition) is 17. The van der Waals surface area contributed by atoms with Crippen LogP contribution in [0.3, 0.4) is 0 Å². The number of phenolic OH excluding ortho intramolecular Hbond substituents is 1. The molecule has 19 rings (SSSR count). The van der Waals surface area contributed by atoms with Crippen LogP contribution < -0.4 is 9.62 Å². The van der Waals surface area contributed by atoms with Crippen molar-refractivity contribution in [1.82, 2.24) is 24.5 Å². The van der Waals surface area contributed by atoms with Crippen molar-refractivity contribution >= 4 is 77.4 Å². The van der Waals surface area contributed by atoms with Crippen LogP contribution in [0, 0.1) is 25.6 Å². The molecule has 4 aliphatic heterocycles. The van der Waals surface area contributed by atoms with Crippen LogP contribution in [-0.2, 0) is 23.1 Å². The number of anilines is 2. The Morgan fingerprint density at radius 3 is 1.01 bits per heavy atom. The van der Waals surface area contributed by atoms with Gasteiger partial charge < -0.3 is 45.1 Å². The van der Waals surface area contributed by atoms with Crippen molar-refractivity contribution in [3.8, 4) is 5.75 Å². The Morgan fingerprint density at radius 2 is 0.681 bits per heavy atom. The Labute approximate surface area is 851 Å². The summed E-state index contributed by atoms with van der Waals surface area (Å²) in [5, 5.41) is 70.6. The third-order valence-electron chi connectivity index (χ3n) is 29.7. The van der Waals surface area contributed by atoms with Gasteiger partial charge in [0.05, 0.1) is 15.1 Å². The number of nitro benzene ring substituents is 2. The molecule has 0 amide bonds. The summed E-state index contributed by atoms with van der Waals surface area (Å²) in [7, 11) is 1.04. The maximum absolute atomic E-state index is 12.5. The second-order valence-corrected chi connectivity index (χ2v) is 41.9. The number of nitrogens with zero attached hydrogens (tertiary/aromatic N) is 8. The van der Waals surface area contributed by atoms with Crippen LogP contribution >= 0.6 is 0 Å². The molecule has 4 heterocycles. The number of aliphatic hydroxyl groups excluding tert-OH is 4. The molecule has 12 aromatic rings. The molecular formula is C123H141N9O11S. The van der Waals surface area contributed by atoms with Crippen molar-refractivity contribution in [3.05, 3.63) is 419 Å². The first-order chi connectivity index (χ1) is 70.3. The van der Waals surface area contributed by atoms with Crippen LogP contribution in [0.2, 0.25) is 0 Å². The highest BCUT2D eigenvalue weighted by molar-refractivity contribution is 7.93. The number of non-ortho nitro benzene ring substituents is 2. The number of hydrogen-bond donors (Lipinski definition) is 6. The number of nitro groups is 2. The Kier molecular flexibility index (Phi) is 37.1. The zero-order chi connectivity index (χ0) is 100. The van der Waals surface area contributed by atoms with Gasteiger partial charge >= 0.3 is 0 Å². The van der Waals surface area contributed by atoms with Gasteiger partial charge in [-0.25, -0.2) is 8.42 Å². The van der Waals surface area contributed by atoms with E-state index in [1.807, 2.05) is 109 Å². The van der Waals surface area contributed by atoms with Gasteiger partial charge in [0.1, 0.15) is 5.75 Å². The molecule has 750 valence electrons. The number of piperidine rings is 1. The van der Waals surface area contributed by atoms with Crippen molar-refractivity contribution in [3.63, 3.8) is 0 Å². The van der Waals surface area contributed by atoms with Crippen molar-refractivity contribution < 1.29 is 43.8 Å². The zero-order valence-corrected chi connectivity index (χ0v) is 84.4. The number of allylic oxidation sites excluding steroid dienone is 4. The average Bonchev–Trinajstić information content (AvgIpc) is 1.47. The van der Waals surface area contributed by atoms with E-state index in [0.29, 0.717) is 55.5 Å². The standard InChI is InChI=1S/C34H40N2O3S.C31H34N2O3.C29H33N3O3.C29H34N2O2/c37-24-4-7-33(27-5-2-1-3-6-27)34(29-12-14-30(15-13-29)35-40(38,39)32-18-19-32)28-10-8-25(9-11-28)26-20-22-36(23-21-26)31-16-17-31;34-22-6-9-29(24-7-2-1-3-8-24)30(26-12-16-28(17-13-26)33(35)36)25-10-14-27(15-11-25)32-21-20-31(23-32)18-4-5-19-31;1-30-17-19-31(20-18-30)22-23-9-11-25(12-10-23)29(26-13-15-27(16-14-26)32(34)35)28(8-5-21-33)24-6-3-2-4-7-24;1-30-17-19-31(20-18-30)22-23-9-11-25(12-10-23)29(26-13-15-27(33)16-14-26)28(8-5-21-32)24-6-3-2-4-7-24/h1-3,5-6,8-15,26,31-32,35,37H,4,7,16-24H2;1-3,7-8,10-17,34H,4-6,9,18-23H2;2-4,6-7,9-16,33H,5,8,17-22H2,1H3;2-4,6-7,9-16,32-33H,5,8,17-22H2,1H3/b34-33+;30-29+;2*29-28+. The molecule has 6 N–H and O–H groups in total. The molecule has 0 unspecified atom stereocenters. The molecule has 21 heteroatoms. The highest BCUT2D eigenvalue weighted by atomic mass is 32.2. The summed E-state index contributed by atoms with van der Waals surface area (Å²) < 4.78 is 27.7. The third kappa shape index (κ3) is 28.3. The molecular weight excluding hydrogens is 1810 g/mol. The summed E-state index contributed by atoms with van der Waals surface area (Å²) >= 11 is 0. The van der Waals surface area contributed by atoms with Crippen molar-refractivity contribution in [2.75, 3.05) is 129 Å². The van der Waals surface area contributed by atoms with Gasteiger partial charge in [0.25, 0.3) is 11.4 Å². The number of phenols is 1. The summed E-state index contributed by atoms with van der Waals surface area (Å²) in [6.45, 7) is 15.9. The van der Waals surface area contributed by atoms with E-state index in [1.54, 1.807) is 36.4 Å². The van der Waals surface area contributed by atoms with Crippen LogP contribution in [0.4, 0.5) is 22.7 Å². The molecule has 7 fully saturated rings. The smallest absolute Gasteiger partial charge is 0.269 e. The van der Waals surface area contributed by atoms with E-state index >= 15 is 0 Å². The first kappa shape index (κ1) is 104. The molecule has 0 aromatic heterocycles. The lowest BCUT2D eigenvalue weighted by molar-refractivity contribution is -0.385. The summed E-state index contributed by atoms with van der Waals surface area (Å²) in [5.74, 6) is 0.871. The number of likely N-dealkylation sites (N-methyl/N-ethyl adjacent to an activating group) is 2. The van der Waals surface area contributed by atoms with Gasteiger partial charge in [-0.15, -0.1) is 0 Å². The van der Waals surface area contributed by atoms with E-state index in [0.717, 1.165) is 210 Å². The van der Waals surface area contributed by atoms with E-state index in [4.69, 9.17) is 0 Å². The Hall–Kier alpha value is -12.6. The molecule has 144 heavy (non-hydrogen) atoms. The second kappa shape index (κ2) is 51.2. The number of nitrogens with one attached hydrogen (secondary N) is 1. The Morgan fingerprint density at radius 1 is 0.361 bits per heavy atom. The SMILES string of the molecule is CN1CCN(Cc2ccc(/C(=C(/CCCO)c3ccccc3)c3ccc(O)cc3)cc2)CC1.CN1CCN(Cc2ccc(/C(=C(/CCCO)c3ccccc3)c3ccc([N+](=O)[O-])cc3)cc2)CC1.O=S(=O)(Nc1ccc(/C(=C(\CCCO)c2ccccc2)c2ccc(C3CCN(C4CC4)CC3)cc2)cc1)C1CC1.O=[N+]([O-])c1ccc(/C(=C(\CCCO)c2ccccc2)c2ccc(N3CCC4(CCCC4)C3)cc2)cc1. The molecule has 3 aliphatic carbocycles. The minimum absolute atomic E-state index is 0.0762. The number of aliphatic hydroxyl groups is 4. The topological polar surface area (TPSA) is 253 Å². The number of aromatic hydroxyl groups is 1. The number of sulfonamides is 1. The number of rotatable bonds is 36. The number of benzene rings is 12. The van der Waals surface area contributed by atoms with Gasteiger partial charge in [-0.3, -0.25) is 34.8 Å². The Bertz CT molecular complexity index is 6360. The summed E-state index contributed by atoms with van der Waals surface area (Å²) in [6, 6.07) is 106. The van der Waals surface area contributed by atoms with Gasteiger partial charge in [0.15, 0.2) is 0 Å². The van der Waals surface area contributed by atoms with Crippen LogP contribution in [0.5, 0.6) is 5.75 Å². The van der Waals surface area contributed by atoms with Crippen molar-refractivity contribution in [2.24, 2.45) is 5.41 Å². The predicted molar refractivity (Wildman–Crippen MR) is 587 cm³/mol. The molecule has 20 nitrogen and oxygen atoms in total. The molecule has 1 spiro atoms. The maximum atomic E-state index is 12.5. The fourth-order valence-corrected chi connectivity index (χ4v) is 22.7. The summed E-state index contributed by atoms with van der Waals surface area (Å²) in [4.78, 5) is 36.7. The fourth-order valence-electron chi connectivity index (χ4n) is 21.3. The highest BCUT2D eigenvalue weighted by Gasteiger charge is 2.41. The molecule has 7 aliphatic rings. The lowest BCUT2D eigenvalue weighted by Gasteiger charge is -2.32. The number of likely N-dealkylation sites (tertiary alicyclic amines) is 1. The summed E-state index contributed by atoms with van der Waals surface area (Å²) in [5.41, 5.74) is 28.5. The zero-order valence-electron chi connectivity index (χ0n) is 83.6. The first-order valence-electron chi connectivity index (χ1n) is 52.0. The van der Waals surface area contributed by atoms with Gasteiger partial charge in [-0.05, 0) is 336 Å². The maximum Gasteiger partial charge on any atom is 0.269 e. The van der Waals surface area contributed by atoms with Gasteiger partial charge in [0, 0.05) is 147 Å². The van der Waals surface area contributed by atoms with Crippen LogP contribution in [-0.4, -0.2) is 199 Å². The second-order valence-electron chi connectivity index (χ2n) is 39.9. The Balaban J connectivity index is 0.000000138. The molecule has 3 saturated carbocycles. The quantitative estimate of drug-likeness (QED) is 0.0121. The monoisotopic (exact) mass is 1950 g/mol. The molecule has 12 aromatic carbocycles. The third-order valence-corrected chi connectivity index (χ3v) is 31.6. The molecule has 0 atom stereocenters. The number of piperazine rings is 2. The average molecular weight is 1950 g/mol. The van der Waals surface area contributed by atoms with E-state index < -0.39 is 10.0 Å². The first-order valence-corrected chi connectivity index (χ1v) is 53.5. The van der Waals surface area contributed by atoms with Gasteiger partial charge in [-0.2, -0.15) is 0 Å². The van der Waals surface area contributed by atoms with Crippen molar-refractivity contribution in [1.29, 1.82) is 0 Å². The minimum Gasteiger partial charge on any atom is -0.508 e. The van der Waals surface area contributed by atoms with Crippen LogP contribution in [0.15, 0.2) is 315 Å². The van der Waals surface area contributed by atoms with Crippen LogP contribution in [0.25, 0.3) is 44.6 Å². The highest BCUT2D eigenvalue weighted by Crippen LogP contribution is 2.48. The molecule has 0 bridgehead atoms. The molecule has 4 saturated heterocycles. The van der Waals surface area contributed by atoms with E-state index in [1.165, 1.54) is 104 Å². The minimum atomic E-state index is -3.31. The van der Waals surface area contributed by atoms with E-state index in [2.05, 4.69) is 218 Å². The lowest BCUT2D eigenvalue weighted by atomic mass is 9.85. The predicted octanol–water partition coefficient (Wildman–Crippen LogP) is 23.7. The lowest BCUT2D eigenvalue weighted by Crippen LogP contribution is -2.43. The fraction of sp³-hybridized carbons (Fsp3) is 0.350. The van der Waals surface area contributed by atoms with Crippen LogP contribution in [0.1, 0.15) is 211 Å². The van der Waals surface area contributed by atoms with Gasteiger partial charge in [-0.1, -0.05) is 243 Å². The summed E-state index contributed by atoms with van der Waals surface area (Å²) in [6.07, 6.45) is 19.0. The van der Waals surface area contributed by atoms with Crippen molar-refractivity contribution in [2.45, 2.75) is 152 Å². The van der Waals surface area contributed by atoms with Gasteiger partial charge in [0.2, 0.25) is 10.0 Å². The molecule has 0 radical (unpaired) electrons.